The van der Waals surface area contributed by atoms with Crippen molar-refractivity contribution in [2.75, 3.05) is 11.9 Å². The van der Waals surface area contributed by atoms with Crippen LogP contribution in [0.25, 0.3) is 5.69 Å². The lowest BCUT2D eigenvalue weighted by Gasteiger charge is -2.08. The van der Waals surface area contributed by atoms with Gasteiger partial charge in [-0.25, -0.2) is 4.68 Å². The van der Waals surface area contributed by atoms with Crippen molar-refractivity contribution in [3.05, 3.63) is 78.1 Å². The summed E-state index contributed by atoms with van der Waals surface area (Å²) in [5, 5.41) is 10.2. The van der Waals surface area contributed by atoms with Crippen LogP contribution in [-0.2, 0) is 11.2 Å². The second-order valence-electron chi connectivity index (χ2n) is 6.98. The molecule has 1 fully saturated rings. The number of aromatic nitrogens is 2. The third-order valence-electron chi connectivity index (χ3n) is 4.70. The normalized spacial score (nSPS) is 13.1. The van der Waals surface area contributed by atoms with Crippen LogP contribution in [0.2, 0.25) is 0 Å². The number of rotatable bonds is 7. The summed E-state index contributed by atoms with van der Waals surface area (Å²) in [6, 6.07) is 16.9. The number of carbonyl (C=O) groups excluding carboxylic acids is 2. The Bertz CT molecular complexity index is 977. The van der Waals surface area contributed by atoms with Crippen LogP contribution >= 0.6 is 0 Å². The molecular formula is C22H22N4O2. The number of nitrogens with one attached hydrogen (secondary N) is 2. The van der Waals surface area contributed by atoms with Gasteiger partial charge in [-0.3, -0.25) is 9.59 Å². The zero-order valence-electron chi connectivity index (χ0n) is 15.5. The summed E-state index contributed by atoms with van der Waals surface area (Å²) in [5.41, 5.74) is 3.25. The summed E-state index contributed by atoms with van der Waals surface area (Å²) >= 11 is 0. The number of anilines is 1. The summed E-state index contributed by atoms with van der Waals surface area (Å²) in [4.78, 5) is 24.3. The molecule has 2 aromatic carbocycles. The van der Waals surface area contributed by atoms with Gasteiger partial charge in [0.1, 0.15) is 0 Å². The molecule has 4 rings (SSSR count). The number of amides is 2. The van der Waals surface area contributed by atoms with Crippen LogP contribution < -0.4 is 10.6 Å². The van der Waals surface area contributed by atoms with Crippen molar-refractivity contribution in [3.8, 4) is 5.69 Å². The molecule has 2 N–H and O–H groups in total. The highest BCUT2D eigenvalue weighted by Crippen LogP contribution is 2.30. The predicted molar refractivity (Wildman–Crippen MR) is 107 cm³/mol. The zero-order valence-corrected chi connectivity index (χ0v) is 15.5. The summed E-state index contributed by atoms with van der Waals surface area (Å²) in [7, 11) is 0. The van der Waals surface area contributed by atoms with Gasteiger partial charge in [-0.2, -0.15) is 5.10 Å². The van der Waals surface area contributed by atoms with E-state index >= 15 is 0 Å². The van der Waals surface area contributed by atoms with Crippen molar-refractivity contribution in [1.29, 1.82) is 0 Å². The predicted octanol–water partition coefficient (Wildman–Crippen LogP) is 3.19. The van der Waals surface area contributed by atoms with Gasteiger partial charge in [-0.1, -0.05) is 24.3 Å². The van der Waals surface area contributed by atoms with Crippen LogP contribution in [0.1, 0.15) is 28.8 Å². The first-order valence-electron chi connectivity index (χ1n) is 9.47. The van der Waals surface area contributed by atoms with E-state index in [9.17, 15) is 9.59 Å². The second-order valence-corrected chi connectivity index (χ2v) is 6.98. The first kappa shape index (κ1) is 18.0. The van der Waals surface area contributed by atoms with E-state index in [1.165, 1.54) is 0 Å². The number of benzene rings is 2. The SMILES string of the molecule is O=C(NCCc1cnn(-c2ccccc2)c1)c1cccc(NC(=O)C2CC2)c1. The third kappa shape index (κ3) is 4.46. The van der Waals surface area contributed by atoms with E-state index in [0.29, 0.717) is 24.2 Å². The van der Waals surface area contributed by atoms with Gasteiger partial charge in [0.05, 0.1) is 11.9 Å². The number of hydrogen-bond acceptors (Lipinski definition) is 3. The van der Waals surface area contributed by atoms with Gasteiger partial charge < -0.3 is 10.6 Å². The number of nitrogens with zero attached hydrogens (tertiary/aromatic N) is 2. The highest BCUT2D eigenvalue weighted by atomic mass is 16.2. The van der Waals surface area contributed by atoms with Crippen molar-refractivity contribution in [2.45, 2.75) is 19.3 Å². The van der Waals surface area contributed by atoms with E-state index in [-0.39, 0.29) is 17.7 Å². The van der Waals surface area contributed by atoms with Crippen molar-refractivity contribution < 1.29 is 9.59 Å². The minimum Gasteiger partial charge on any atom is -0.352 e. The van der Waals surface area contributed by atoms with E-state index in [1.54, 1.807) is 24.3 Å². The smallest absolute Gasteiger partial charge is 0.251 e. The molecule has 0 bridgehead atoms. The molecule has 2 amide bonds. The first-order valence-corrected chi connectivity index (χ1v) is 9.47. The monoisotopic (exact) mass is 374 g/mol. The number of para-hydroxylation sites is 1. The molecule has 1 aliphatic rings. The molecule has 6 nitrogen and oxygen atoms in total. The Balaban J connectivity index is 1.30. The van der Waals surface area contributed by atoms with Gasteiger partial charge in [0.2, 0.25) is 5.91 Å². The Morgan fingerprint density at radius 2 is 1.89 bits per heavy atom. The number of carbonyl (C=O) groups is 2. The Hall–Kier alpha value is -3.41. The molecule has 0 radical (unpaired) electrons. The average Bonchev–Trinajstić information content (AvgIpc) is 3.48. The Morgan fingerprint density at radius 3 is 2.68 bits per heavy atom. The fourth-order valence-corrected chi connectivity index (χ4v) is 2.96. The lowest BCUT2D eigenvalue weighted by atomic mass is 10.1. The summed E-state index contributed by atoms with van der Waals surface area (Å²) < 4.78 is 1.82. The van der Waals surface area contributed by atoms with Gasteiger partial charge in [0, 0.05) is 29.9 Å². The van der Waals surface area contributed by atoms with Gasteiger partial charge in [-0.15, -0.1) is 0 Å². The van der Waals surface area contributed by atoms with Crippen molar-refractivity contribution in [1.82, 2.24) is 15.1 Å². The molecule has 3 aromatic rings. The van der Waals surface area contributed by atoms with E-state index in [2.05, 4.69) is 15.7 Å². The molecule has 0 spiro atoms. The summed E-state index contributed by atoms with van der Waals surface area (Å²) in [6.45, 7) is 0.512. The molecule has 1 aliphatic carbocycles. The molecule has 1 aromatic heterocycles. The average molecular weight is 374 g/mol. The third-order valence-corrected chi connectivity index (χ3v) is 4.70. The first-order chi connectivity index (χ1) is 13.7. The standard InChI is InChI=1S/C22H22N4O2/c27-21(18-5-4-6-19(13-18)25-22(28)17-9-10-17)23-12-11-16-14-24-26(15-16)20-7-2-1-3-8-20/h1-8,13-15,17H,9-12H2,(H,23,27)(H,25,28). The molecule has 1 saturated carbocycles. The second kappa shape index (κ2) is 8.08. The zero-order chi connectivity index (χ0) is 19.3. The molecule has 0 atom stereocenters. The summed E-state index contributed by atoms with van der Waals surface area (Å²) in [6.07, 6.45) is 6.37. The van der Waals surface area contributed by atoms with Crippen LogP contribution in [0, 0.1) is 5.92 Å². The lowest BCUT2D eigenvalue weighted by molar-refractivity contribution is -0.117. The van der Waals surface area contributed by atoms with Crippen LogP contribution in [0.3, 0.4) is 0 Å². The molecule has 28 heavy (non-hydrogen) atoms. The molecule has 0 aliphatic heterocycles. The molecule has 0 unspecified atom stereocenters. The molecular weight excluding hydrogens is 352 g/mol. The van der Waals surface area contributed by atoms with Crippen molar-refractivity contribution in [2.24, 2.45) is 5.92 Å². The van der Waals surface area contributed by atoms with Crippen molar-refractivity contribution in [3.63, 3.8) is 0 Å². The quantitative estimate of drug-likeness (QED) is 0.667. The largest absolute Gasteiger partial charge is 0.352 e. The van der Waals surface area contributed by atoms with Gasteiger partial charge in [0.15, 0.2) is 0 Å². The minimum atomic E-state index is -0.155. The molecule has 6 heteroatoms. The fraction of sp³-hybridized carbons (Fsp3) is 0.227. The minimum absolute atomic E-state index is 0.0352. The number of hydrogen-bond donors (Lipinski definition) is 2. The van der Waals surface area contributed by atoms with Gasteiger partial charge in [0.25, 0.3) is 5.91 Å². The topological polar surface area (TPSA) is 76.0 Å². The highest BCUT2D eigenvalue weighted by molar-refractivity contribution is 5.98. The molecule has 0 saturated heterocycles. The van der Waals surface area contributed by atoms with E-state index < -0.39 is 0 Å². The molecule has 142 valence electrons. The van der Waals surface area contributed by atoms with Crippen LogP contribution in [0.5, 0.6) is 0 Å². The maximum Gasteiger partial charge on any atom is 0.251 e. The maximum absolute atomic E-state index is 12.4. The van der Waals surface area contributed by atoms with Crippen LogP contribution in [0.4, 0.5) is 5.69 Å². The fourth-order valence-electron chi connectivity index (χ4n) is 2.96. The van der Waals surface area contributed by atoms with Gasteiger partial charge in [-0.05, 0) is 55.2 Å². The van der Waals surface area contributed by atoms with E-state index in [4.69, 9.17) is 0 Å². The van der Waals surface area contributed by atoms with E-state index in [0.717, 1.165) is 24.1 Å². The van der Waals surface area contributed by atoms with Gasteiger partial charge >= 0.3 is 0 Å². The van der Waals surface area contributed by atoms with Crippen molar-refractivity contribution >= 4 is 17.5 Å². The lowest BCUT2D eigenvalue weighted by Crippen LogP contribution is -2.25. The molecule has 1 heterocycles. The van der Waals surface area contributed by atoms with Crippen LogP contribution in [0.15, 0.2) is 67.0 Å². The highest BCUT2D eigenvalue weighted by Gasteiger charge is 2.29. The van der Waals surface area contributed by atoms with E-state index in [1.807, 2.05) is 47.4 Å². The Morgan fingerprint density at radius 1 is 1.07 bits per heavy atom. The Kier molecular flexibility index (Phi) is 5.19. The Labute approximate surface area is 163 Å². The van der Waals surface area contributed by atoms with Crippen LogP contribution in [-0.4, -0.2) is 28.1 Å². The maximum atomic E-state index is 12.4. The summed E-state index contributed by atoms with van der Waals surface area (Å²) in [5.74, 6) is 0.0141.